The number of nitrogens with two attached hydrogens (primary N) is 2. The second-order valence-corrected chi connectivity index (χ2v) is 7.78. The maximum atomic E-state index is 14.6. The Morgan fingerprint density at radius 3 is 2.61 bits per heavy atom. The number of aromatic nitrogens is 3. The molecule has 2 aromatic heterocycles. The molecule has 2 atom stereocenters. The minimum Gasteiger partial charge on any atom is -0.365 e. The summed E-state index contributed by atoms with van der Waals surface area (Å²) in [7, 11) is 5.69. The van der Waals surface area contributed by atoms with E-state index in [1.165, 1.54) is 0 Å². The first-order chi connectivity index (χ1) is 14.6. The fraction of sp³-hybridized carbons (Fsp3) is 0.381. The molecule has 0 radical (unpaired) electrons. The Balaban J connectivity index is 2.02. The highest BCUT2D eigenvalue weighted by molar-refractivity contribution is 5.99. The number of halogens is 1. The van der Waals surface area contributed by atoms with Gasteiger partial charge in [0.1, 0.15) is 5.82 Å². The SMILES string of the molecule is CC[C@H](N)[C@@H](C)Nc1nc(Nc2ccc3c(c2)c(N(C)C)nn3C)c(C(N)=O)cc1F. The number of nitrogens with one attached hydrogen (secondary N) is 2. The summed E-state index contributed by atoms with van der Waals surface area (Å²) in [5.41, 5.74) is 13.1. The molecule has 0 aliphatic rings. The summed E-state index contributed by atoms with van der Waals surface area (Å²) in [5, 5.41) is 11.5. The Morgan fingerprint density at radius 2 is 2.00 bits per heavy atom. The Kier molecular flexibility index (Phi) is 6.30. The van der Waals surface area contributed by atoms with Crippen molar-refractivity contribution in [2.24, 2.45) is 18.5 Å². The van der Waals surface area contributed by atoms with E-state index in [2.05, 4.69) is 20.7 Å². The molecule has 9 nitrogen and oxygen atoms in total. The van der Waals surface area contributed by atoms with Crippen LogP contribution in [-0.2, 0) is 7.05 Å². The lowest BCUT2D eigenvalue weighted by molar-refractivity contribution is 0.100. The average molecular weight is 429 g/mol. The number of primary amides is 1. The monoisotopic (exact) mass is 428 g/mol. The number of amides is 1. The molecule has 0 fully saturated rings. The van der Waals surface area contributed by atoms with Crippen molar-refractivity contribution >= 4 is 40.0 Å². The summed E-state index contributed by atoms with van der Waals surface area (Å²) in [4.78, 5) is 18.1. The Morgan fingerprint density at radius 1 is 1.29 bits per heavy atom. The fourth-order valence-electron chi connectivity index (χ4n) is 3.34. The topological polar surface area (TPSA) is 127 Å². The molecule has 0 unspecified atom stereocenters. The van der Waals surface area contributed by atoms with Crippen LogP contribution in [-0.4, -0.2) is 46.9 Å². The van der Waals surface area contributed by atoms with Gasteiger partial charge in [-0.15, -0.1) is 0 Å². The molecule has 10 heteroatoms. The maximum absolute atomic E-state index is 14.6. The number of nitrogens with zero attached hydrogens (tertiary/aromatic N) is 4. The minimum absolute atomic E-state index is 0.000311. The number of benzene rings is 1. The Hall–Kier alpha value is -3.40. The largest absolute Gasteiger partial charge is 0.365 e. The van der Waals surface area contributed by atoms with Crippen LogP contribution in [0.4, 0.5) is 27.5 Å². The first-order valence-electron chi connectivity index (χ1n) is 10.1. The maximum Gasteiger partial charge on any atom is 0.252 e. The number of fused-ring (bicyclic) bond motifs is 1. The van der Waals surface area contributed by atoms with Crippen LogP contribution < -0.4 is 27.0 Å². The third-order valence-electron chi connectivity index (χ3n) is 5.24. The molecule has 0 aliphatic carbocycles. The lowest BCUT2D eigenvalue weighted by Gasteiger charge is -2.21. The second-order valence-electron chi connectivity index (χ2n) is 7.78. The summed E-state index contributed by atoms with van der Waals surface area (Å²) in [6, 6.07) is 6.34. The molecule has 0 saturated carbocycles. The molecule has 3 aromatic rings. The van der Waals surface area contributed by atoms with E-state index in [9.17, 15) is 9.18 Å². The average Bonchev–Trinajstić information content (AvgIpc) is 3.05. The van der Waals surface area contributed by atoms with Crippen LogP contribution in [0.3, 0.4) is 0 Å². The van der Waals surface area contributed by atoms with Gasteiger partial charge in [-0.3, -0.25) is 9.48 Å². The summed E-state index contributed by atoms with van der Waals surface area (Å²) < 4.78 is 16.4. The van der Waals surface area contributed by atoms with Crippen molar-refractivity contribution in [3.05, 3.63) is 35.6 Å². The predicted octanol–water partition coefficient (Wildman–Crippen LogP) is 2.55. The van der Waals surface area contributed by atoms with Gasteiger partial charge in [-0.2, -0.15) is 5.10 Å². The number of hydrogen-bond acceptors (Lipinski definition) is 7. The quantitative estimate of drug-likeness (QED) is 0.434. The molecule has 6 N–H and O–H groups in total. The zero-order chi connectivity index (χ0) is 22.9. The van der Waals surface area contributed by atoms with Gasteiger partial charge >= 0.3 is 0 Å². The number of hydrogen-bond donors (Lipinski definition) is 4. The summed E-state index contributed by atoms with van der Waals surface area (Å²) in [6.45, 7) is 3.80. The zero-order valence-corrected chi connectivity index (χ0v) is 18.4. The molecule has 1 amide bonds. The van der Waals surface area contributed by atoms with Crippen molar-refractivity contribution in [1.29, 1.82) is 0 Å². The highest BCUT2D eigenvalue weighted by Crippen LogP contribution is 2.30. The van der Waals surface area contributed by atoms with E-state index in [1.54, 1.807) is 4.68 Å². The third-order valence-corrected chi connectivity index (χ3v) is 5.24. The minimum atomic E-state index is -0.782. The van der Waals surface area contributed by atoms with Gasteiger partial charge in [-0.1, -0.05) is 6.92 Å². The van der Waals surface area contributed by atoms with E-state index in [1.807, 2.05) is 58.1 Å². The fourth-order valence-corrected chi connectivity index (χ4v) is 3.34. The lowest BCUT2D eigenvalue weighted by atomic mass is 10.1. The molecule has 1 aromatic carbocycles. The van der Waals surface area contributed by atoms with E-state index in [-0.39, 0.29) is 29.3 Å². The number of rotatable bonds is 8. The molecule has 0 aliphatic heterocycles. The highest BCUT2D eigenvalue weighted by atomic mass is 19.1. The smallest absolute Gasteiger partial charge is 0.252 e. The molecular weight excluding hydrogens is 399 g/mol. The van der Waals surface area contributed by atoms with Crippen LogP contribution in [0.5, 0.6) is 0 Å². The third kappa shape index (κ3) is 4.53. The standard InChI is InChI=1S/C21H29FN8O/c1-6-16(23)11(2)25-20-15(22)10-14(18(24)31)19(27-20)26-12-7-8-17-13(9-12)21(29(3)4)28-30(17)5/h7-11,16H,6,23H2,1-5H3,(H2,24,31)(H2,25,26,27)/t11-,16+/m1/s1. The normalized spacial score (nSPS) is 13.1. The van der Waals surface area contributed by atoms with Crippen LogP contribution in [0.1, 0.15) is 30.6 Å². The molecule has 31 heavy (non-hydrogen) atoms. The molecular formula is C21H29FN8O. The zero-order valence-electron chi connectivity index (χ0n) is 18.4. The molecule has 2 heterocycles. The predicted molar refractivity (Wildman–Crippen MR) is 122 cm³/mol. The van der Waals surface area contributed by atoms with Crippen LogP contribution in [0.25, 0.3) is 10.9 Å². The van der Waals surface area contributed by atoms with E-state index in [0.29, 0.717) is 5.69 Å². The summed E-state index contributed by atoms with van der Waals surface area (Å²) in [5.74, 6) is -0.501. The molecule has 166 valence electrons. The van der Waals surface area contributed by atoms with Gasteiger partial charge in [0.25, 0.3) is 5.91 Å². The van der Waals surface area contributed by atoms with Gasteiger partial charge in [0, 0.05) is 44.3 Å². The molecule has 0 spiro atoms. The number of aryl methyl sites for hydroxylation is 1. The number of anilines is 4. The van der Waals surface area contributed by atoms with Crippen molar-refractivity contribution < 1.29 is 9.18 Å². The Labute approximate surface area is 180 Å². The van der Waals surface area contributed by atoms with Gasteiger partial charge in [0.2, 0.25) is 0 Å². The van der Waals surface area contributed by atoms with Gasteiger partial charge < -0.3 is 27.0 Å². The number of carbonyl (C=O) groups is 1. The van der Waals surface area contributed by atoms with Gasteiger partial charge in [0.05, 0.1) is 11.1 Å². The van der Waals surface area contributed by atoms with E-state index >= 15 is 0 Å². The summed E-state index contributed by atoms with van der Waals surface area (Å²) in [6.07, 6.45) is 0.722. The van der Waals surface area contributed by atoms with Gasteiger partial charge in [0.15, 0.2) is 17.5 Å². The van der Waals surface area contributed by atoms with Crippen LogP contribution in [0.2, 0.25) is 0 Å². The first-order valence-corrected chi connectivity index (χ1v) is 10.1. The van der Waals surface area contributed by atoms with Crippen molar-refractivity contribution in [3.63, 3.8) is 0 Å². The van der Waals surface area contributed by atoms with Crippen LogP contribution in [0.15, 0.2) is 24.3 Å². The van der Waals surface area contributed by atoms with Crippen molar-refractivity contribution in [3.8, 4) is 0 Å². The second kappa shape index (κ2) is 8.76. The van der Waals surface area contributed by atoms with Crippen molar-refractivity contribution in [2.75, 3.05) is 29.6 Å². The van der Waals surface area contributed by atoms with Crippen molar-refractivity contribution in [2.45, 2.75) is 32.4 Å². The number of carbonyl (C=O) groups excluding carboxylic acids is 1. The number of pyridine rings is 1. The van der Waals surface area contributed by atoms with Crippen LogP contribution >= 0.6 is 0 Å². The Bertz CT molecular complexity index is 1110. The van der Waals surface area contributed by atoms with Crippen molar-refractivity contribution in [1.82, 2.24) is 14.8 Å². The van der Waals surface area contributed by atoms with E-state index < -0.39 is 11.7 Å². The van der Waals surface area contributed by atoms with E-state index in [0.717, 1.165) is 29.2 Å². The highest BCUT2D eigenvalue weighted by Gasteiger charge is 2.19. The lowest BCUT2D eigenvalue weighted by Crippen LogP contribution is -2.38. The van der Waals surface area contributed by atoms with E-state index in [4.69, 9.17) is 11.5 Å². The summed E-state index contributed by atoms with van der Waals surface area (Å²) >= 11 is 0. The molecule has 3 rings (SSSR count). The molecule has 0 saturated heterocycles. The first kappa shape index (κ1) is 22.3. The van der Waals surface area contributed by atoms with Gasteiger partial charge in [-0.05, 0) is 37.6 Å². The molecule has 0 bridgehead atoms. The van der Waals surface area contributed by atoms with Gasteiger partial charge in [-0.25, -0.2) is 9.37 Å². The van der Waals surface area contributed by atoms with Crippen LogP contribution in [0, 0.1) is 5.82 Å².